The van der Waals surface area contributed by atoms with E-state index >= 15 is 0 Å². The molecule has 0 bridgehead atoms. The van der Waals surface area contributed by atoms with E-state index < -0.39 is 29.8 Å². The molecule has 7 heteroatoms. The van der Waals surface area contributed by atoms with Crippen molar-refractivity contribution in [3.8, 4) is 0 Å². The van der Waals surface area contributed by atoms with Gasteiger partial charge in [0.2, 0.25) is 12.1 Å². The smallest absolute Gasteiger partial charge is 0.272 e. The van der Waals surface area contributed by atoms with Crippen LogP contribution in [-0.4, -0.2) is 36.8 Å². The molecule has 0 saturated heterocycles. The van der Waals surface area contributed by atoms with Crippen molar-refractivity contribution in [3.05, 3.63) is 101 Å². The lowest BCUT2D eigenvalue weighted by molar-refractivity contribution is -0.128. The number of carbonyl (C=O) groups excluding carboxylic acids is 2. The maximum Gasteiger partial charge on any atom is 0.272 e. The third kappa shape index (κ3) is 4.54. The highest BCUT2D eigenvalue weighted by Gasteiger charge is 2.32. The van der Waals surface area contributed by atoms with Crippen LogP contribution in [0.1, 0.15) is 22.3 Å². The summed E-state index contributed by atoms with van der Waals surface area (Å²) in [5.41, 5.74) is 9.85. The molecule has 1 heterocycles. The van der Waals surface area contributed by atoms with Crippen LogP contribution in [0.3, 0.4) is 0 Å². The van der Waals surface area contributed by atoms with Crippen LogP contribution < -0.4 is 16.0 Å². The summed E-state index contributed by atoms with van der Waals surface area (Å²) in [5, 5.41) is 2.67. The summed E-state index contributed by atoms with van der Waals surface area (Å²) in [6.45, 7) is 1.95. The summed E-state index contributed by atoms with van der Waals surface area (Å²) in [6, 6.07) is 20.1. The first-order chi connectivity index (χ1) is 15.9. The lowest BCUT2D eigenvalue weighted by Gasteiger charge is -2.22. The molecule has 6 nitrogen and oxygen atoms in total. The Labute approximate surface area is 191 Å². The van der Waals surface area contributed by atoms with Gasteiger partial charge in [0.25, 0.3) is 5.91 Å². The monoisotopic (exact) mass is 444 g/mol. The summed E-state index contributed by atoms with van der Waals surface area (Å²) in [4.78, 5) is 32.1. The summed E-state index contributed by atoms with van der Waals surface area (Å²) >= 11 is 0. The van der Waals surface area contributed by atoms with Gasteiger partial charge in [-0.15, -0.1) is 0 Å². The number of fused-ring (bicyclic) bond motifs is 1. The fourth-order valence-corrected chi connectivity index (χ4v) is 3.89. The molecular formula is C26H25FN4O2. The van der Waals surface area contributed by atoms with Crippen LogP contribution in [0.4, 0.5) is 10.1 Å². The fourth-order valence-electron chi connectivity index (χ4n) is 3.89. The molecule has 2 atom stereocenters. The number of benzodiazepines with no additional fused rings is 1. The van der Waals surface area contributed by atoms with Gasteiger partial charge < -0.3 is 16.0 Å². The Morgan fingerprint density at radius 1 is 1.06 bits per heavy atom. The van der Waals surface area contributed by atoms with Crippen molar-refractivity contribution >= 4 is 23.2 Å². The van der Waals surface area contributed by atoms with E-state index in [0.717, 1.165) is 11.1 Å². The zero-order valence-electron chi connectivity index (χ0n) is 18.5. The molecule has 3 N–H and O–H groups in total. The van der Waals surface area contributed by atoms with E-state index in [4.69, 9.17) is 5.73 Å². The first-order valence-corrected chi connectivity index (χ1v) is 10.7. The van der Waals surface area contributed by atoms with Gasteiger partial charge in [0.15, 0.2) is 0 Å². The predicted molar refractivity (Wildman–Crippen MR) is 127 cm³/mol. The first kappa shape index (κ1) is 22.4. The van der Waals surface area contributed by atoms with Gasteiger partial charge in [0.05, 0.1) is 17.4 Å². The molecule has 1 unspecified atom stereocenters. The number of nitrogens with two attached hydrogens (primary N) is 1. The topological polar surface area (TPSA) is 87.8 Å². The average Bonchev–Trinajstić information content (AvgIpc) is 2.91. The molecule has 0 spiro atoms. The Morgan fingerprint density at radius 2 is 1.70 bits per heavy atom. The number of halogens is 1. The van der Waals surface area contributed by atoms with Crippen LogP contribution >= 0.6 is 0 Å². The Kier molecular flexibility index (Phi) is 6.33. The van der Waals surface area contributed by atoms with Crippen LogP contribution in [0.2, 0.25) is 0 Å². The largest absolute Gasteiger partial charge is 0.325 e. The molecule has 0 saturated carbocycles. The number of nitrogens with one attached hydrogen (secondary N) is 1. The van der Waals surface area contributed by atoms with Crippen molar-refractivity contribution in [3.63, 3.8) is 0 Å². The van der Waals surface area contributed by atoms with Crippen molar-refractivity contribution in [2.45, 2.75) is 25.6 Å². The lowest BCUT2D eigenvalue weighted by atomic mass is 10.00. The van der Waals surface area contributed by atoms with Crippen LogP contribution in [0.15, 0.2) is 77.8 Å². The van der Waals surface area contributed by atoms with Crippen LogP contribution in [-0.2, 0) is 16.0 Å². The Hall–Kier alpha value is -3.84. The van der Waals surface area contributed by atoms with Crippen LogP contribution in [0.25, 0.3) is 0 Å². The zero-order chi connectivity index (χ0) is 23.5. The van der Waals surface area contributed by atoms with Gasteiger partial charge in [0.1, 0.15) is 5.82 Å². The van der Waals surface area contributed by atoms with E-state index in [2.05, 4.69) is 10.3 Å². The average molecular weight is 445 g/mol. The van der Waals surface area contributed by atoms with E-state index in [1.54, 1.807) is 49.5 Å². The van der Waals surface area contributed by atoms with Crippen molar-refractivity contribution in [1.82, 2.24) is 5.32 Å². The SMILES string of the molecule is Cc1ccccc1C[C@H](N)C(=O)NC1N=C(c2ccccc2F)c2ccccc2N(C)C1=O. The normalized spacial score (nSPS) is 16.5. The van der Waals surface area contributed by atoms with E-state index in [0.29, 0.717) is 23.4 Å². The molecule has 1 aliphatic rings. The van der Waals surface area contributed by atoms with E-state index in [1.807, 2.05) is 31.2 Å². The zero-order valence-corrected chi connectivity index (χ0v) is 18.5. The lowest BCUT2D eigenvalue weighted by Crippen LogP contribution is -2.51. The highest BCUT2D eigenvalue weighted by atomic mass is 19.1. The molecule has 168 valence electrons. The van der Waals surface area contributed by atoms with Gasteiger partial charge in [-0.1, -0.05) is 54.6 Å². The van der Waals surface area contributed by atoms with Crippen molar-refractivity contribution in [2.75, 3.05) is 11.9 Å². The van der Waals surface area contributed by atoms with Crippen LogP contribution in [0, 0.1) is 12.7 Å². The van der Waals surface area contributed by atoms with E-state index in [1.165, 1.54) is 11.0 Å². The highest BCUT2D eigenvalue weighted by molar-refractivity contribution is 6.20. The molecule has 3 aromatic rings. The number of carbonyl (C=O) groups is 2. The molecule has 4 rings (SSSR count). The Balaban J connectivity index is 1.68. The molecule has 1 aliphatic heterocycles. The number of anilines is 1. The van der Waals surface area contributed by atoms with Gasteiger partial charge in [-0.2, -0.15) is 0 Å². The number of benzene rings is 3. The molecule has 33 heavy (non-hydrogen) atoms. The van der Waals surface area contributed by atoms with Gasteiger partial charge in [-0.3, -0.25) is 9.59 Å². The maximum absolute atomic E-state index is 14.7. The fraction of sp³-hybridized carbons (Fsp3) is 0.192. The summed E-state index contributed by atoms with van der Waals surface area (Å²) in [5.74, 6) is -1.41. The molecule has 2 amide bonds. The third-order valence-corrected chi connectivity index (χ3v) is 5.79. The second kappa shape index (κ2) is 9.34. The Morgan fingerprint density at radius 3 is 2.42 bits per heavy atom. The van der Waals surface area contributed by atoms with Gasteiger partial charge in [0, 0.05) is 18.2 Å². The standard InChI is InChI=1S/C26H25FN4O2/c1-16-9-3-4-10-17(16)15-21(28)25(32)30-24-26(33)31(2)22-14-8-6-12-19(22)23(29-24)18-11-5-7-13-20(18)27/h3-14,21,24H,15,28H2,1-2H3,(H,30,32)/t21-,24?/m0/s1. The minimum absolute atomic E-state index is 0.247. The summed E-state index contributed by atoms with van der Waals surface area (Å²) < 4.78 is 14.7. The number of rotatable bonds is 5. The number of aliphatic imine (C=N–C) groups is 1. The maximum atomic E-state index is 14.7. The van der Waals surface area contributed by atoms with Gasteiger partial charge in [-0.25, -0.2) is 9.38 Å². The van der Waals surface area contributed by atoms with E-state index in [9.17, 15) is 14.0 Å². The third-order valence-electron chi connectivity index (χ3n) is 5.79. The highest BCUT2D eigenvalue weighted by Crippen LogP contribution is 2.28. The van der Waals surface area contributed by atoms with Crippen molar-refractivity contribution in [1.29, 1.82) is 0 Å². The molecule has 0 radical (unpaired) electrons. The summed E-state index contributed by atoms with van der Waals surface area (Å²) in [7, 11) is 1.60. The van der Waals surface area contributed by atoms with Crippen LogP contribution in [0.5, 0.6) is 0 Å². The quantitative estimate of drug-likeness (QED) is 0.634. The number of hydrogen-bond donors (Lipinski definition) is 2. The minimum Gasteiger partial charge on any atom is -0.325 e. The molecule has 3 aromatic carbocycles. The number of aryl methyl sites for hydroxylation is 1. The first-order valence-electron chi connectivity index (χ1n) is 10.7. The number of likely N-dealkylation sites (N-methyl/N-ethyl adjacent to an activating group) is 1. The second-order valence-electron chi connectivity index (χ2n) is 8.02. The van der Waals surface area contributed by atoms with E-state index in [-0.39, 0.29) is 5.56 Å². The number of amides is 2. The molecular weight excluding hydrogens is 419 g/mol. The minimum atomic E-state index is -1.24. The van der Waals surface area contributed by atoms with Gasteiger partial charge in [-0.05, 0) is 42.7 Å². The summed E-state index contributed by atoms with van der Waals surface area (Å²) in [6.07, 6.45) is -0.924. The number of nitrogens with zero attached hydrogens (tertiary/aromatic N) is 2. The molecule has 0 aliphatic carbocycles. The van der Waals surface area contributed by atoms with Gasteiger partial charge >= 0.3 is 0 Å². The predicted octanol–water partition coefficient (Wildman–Crippen LogP) is 2.96. The van der Waals surface area contributed by atoms with Crippen molar-refractivity contribution < 1.29 is 14.0 Å². The number of hydrogen-bond acceptors (Lipinski definition) is 4. The second-order valence-corrected chi connectivity index (χ2v) is 8.02. The molecule has 0 fully saturated rings. The molecule has 0 aromatic heterocycles. The number of para-hydroxylation sites is 1. The Bertz CT molecular complexity index is 1240. The van der Waals surface area contributed by atoms with Crippen molar-refractivity contribution in [2.24, 2.45) is 10.7 Å².